The van der Waals surface area contributed by atoms with E-state index in [0.717, 1.165) is 5.56 Å². The first-order chi connectivity index (χ1) is 9.85. The lowest BCUT2D eigenvalue weighted by Gasteiger charge is -2.21. The third-order valence-corrected chi connectivity index (χ3v) is 3.20. The van der Waals surface area contributed by atoms with Crippen molar-refractivity contribution >= 4 is 11.9 Å². The number of phenols is 1. The Balaban J connectivity index is 2.79. The highest BCUT2D eigenvalue weighted by molar-refractivity contribution is 5.87. The topological polar surface area (TPSA) is 102 Å². The molecule has 0 radical (unpaired) electrons. The van der Waals surface area contributed by atoms with Gasteiger partial charge in [-0.1, -0.05) is 26.0 Å². The Labute approximate surface area is 124 Å². The van der Waals surface area contributed by atoms with Crippen molar-refractivity contribution < 1.29 is 19.4 Å². The van der Waals surface area contributed by atoms with Crippen molar-refractivity contribution in [2.24, 2.45) is 11.7 Å². The summed E-state index contributed by atoms with van der Waals surface area (Å²) < 4.78 is 4.71. The van der Waals surface area contributed by atoms with Crippen LogP contribution in [-0.2, 0) is 20.7 Å². The molecule has 0 saturated heterocycles. The Morgan fingerprint density at radius 2 is 1.86 bits per heavy atom. The fraction of sp³-hybridized carbons (Fsp3) is 0.467. The second-order valence-corrected chi connectivity index (χ2v) is 5.22. The van der Waals surface area contributed by atoms with Gasteiger partial charge in [0.05, 0.1) is 13.2 Å². The Kier molecular flexibility index (Phi) is 6.17. The number of hydrogen-bond donors (Lipinski definition) is 3. The van der Waals surface area contributed by atoms with Gasteiger partial charge in [-0.05, 0) is 23.6 Å². The SMILES string of the molecule is COC(=O)[C@H](Cc1ccc(O)cc1)NC(=O)[C@H](N)C(C)C. The average Bonchev–Trinajstić information content (AvgIpc) is 2.46. The number of carbonyl (C=O) groups is 2. The van der Waals surface area contributed by atoms with Crippen molar-refractivity contribution in [3.05, 3.63) is 29.8 Å². The van der Waals surface area contributed by atoms with Crippen LogP contribution in [0.5, 0.6) is 5.75 Å². The predicted octanol–water partition coefficient (Wildman–Crippen LogP) is 0.576. The molecule has 6 nitrogen and oxygen atoms in total. The molecular formula is C15H22N2O4. The Morgan fingerprint density at radius 3 is 2.33 bits per heavy atom. The quantitative estimate of drug-likeness (QED) is 0.666. The summed E-state index contributed by atoms with van der Waals surface area (Å²) in [6.45, 7) is 3.66. The summed E-state index contributed by atoms with van der Waals surface area (Å²) >= 11 is 0. The molecule has 0 heterocycles. The van der Waals surface area contributed by atoms with Gasteiger partial charge in [0, 0.05) is 6.42 Å². The van der Waals surface area contributed by atoms with Crippen LogP contribution >= 0.6 is 0 Å². The molecule has 0 aliphatic heterocycles. The van der Waals surface area contributed by atoms with Crippen LogP contribution in [0.15, 0.2) is 24.3 Å². The number of esters is 1. The lowest BCUT2D eigenvalue weighted by Crippen LogP contribution is -2.51. The number of carbonyl (C=O) groups excluding carboxylic acids is 2. The van der Waals surface area contributed by atoms with E-state index < -0.39 is 18.1 Å². The number of ether oxygens (including phenoxy) is 1. The maximum atomic E-state index is 12.0. The minimum Gasteiger partial charge on any atom is -0.508 e. The zero-order valence-corrected chi connectivity index (χ0v) is 12.5. The van der Waals surface area contributed by atoms with Gasteiger partial charge in [-0.3, -0.25) is 4.79 Å². The summed E-state index contributed by atoms with van der Waals surface area (Å²) in [6.07, 6.45) is 0.267. The fourth-order valence-electron chi connectivity index (χ4n) is 1.77. The van der Waals surface area contributed by atoms with Crippen molar-refractivity contribution in [1.82, 2.24) is 5.32 Å². The van der Waals surface area contributed by atoms with Crippen LogP contribution in [0.3, 0.4) is 0 Å². The average molecular weight is 294 g/mol. The molecule has 2 atom stereocenters. The Bertz CT molecular complexity index is 485. The van der Waals surface area contributed by atoms with Crippen LogP contribution in [0.4, 0.5) is 0 Å². The first-order valence-corrected chi connectivity index (χ1v) is 6.76. The van der Waals surface area contributed by atoms with Crippen LogP contribution in [0.2, 0.25) is 0 Å². The van der Waals surface area contributed by atoms with E-state index in [2.05, 4.69) is 5.32 Å². The number of methoxy groups -OCH3 is 1. The van der Waals surface area contributed by atoms with Crippen LogP contribution in [0.1, 0.15) is 19.4 Å². The van der Waals surface area contributed by atoms with E-state index in [-0.39, 0.29) is 24.0 Å². The van der Waals surface area contributed by atoms with Gasteiger partial charge in [0.2, 0.25) is 5.91 Å². The van der Waals surface area contributed by atoms with Crippen molar-refractivity contribution in [2.75, 3.05) is 7.11 Å². The highest BCUT2D eigenvalue weighted by atomic mass is 16.5. The molecule has 1 aromatic carbocycles. The number of benzene rings is 1. The number of aromatic hydroxyl groups is 1. The Morgan fingerprint density at radius 1 is 1.29 bits per heavy atom. The minimum atomic E-state index is -0.808. The standard InChI is InChI=1S/C15H22N2O4/c1-9(2)13(16)14(19)17-12(15(20)21-3)8-10-4-6-11(18)7-5-10/h4-7,9,12-13,18H,8,16H2,1-3H3,(H,17,19)/t12-,13+/m0/s1. The predicted molar refractivity (Wildman–Crippen MR) is 78.6 cm³/mol. The zero-order chi connectivity index (χ0) is 16.0. The summed E-state index contributed by atoms with van der Waals surface area (Å²) in [4.78, 5) is 23.8. The highest BCUT2D eigenvalue weighted by Gasteiger charge is 2.25. The van der Waals surface area contributed by atoms with E-state index in [1.165, 1.54) is 19.2 Å². The van der Waals surface area contributed by atoms with Gasteiger partial charge < -0.3 is 20.9 Å². The summed E-state index contributed by atoms with van der Waals surface area (Å²) in [5, 5.41) is 11.9. The maximum absolute atomic E-state index is 12.0. The van der Waals surface area contributed by atoms with Gasteiger partial charge in [0.1, 0.15) is 11.8 Å². The number of rotatable bonds is 6. The van der Waals surface area contributed by atoms with E-state index in [1.54, 1.807) is 12.1 Å². The molecule has 0 unspecified atom stereocenters. The summed E-state index contributed by atoms with van der Waals surface area (Å²) in [6, 6.07) is 4.91. The van der Waals surface area contributed by atoms with Crippen molar-refractivity contribution in [3.63, 3.8) is 0 Å². The molecule has 1 amide bonds. The van der Waals surface area contributed by atoms with Gasteiger partial charge in [0.25, 0.3) is 0 Å². The summed E-state index contributed by atoms with van der Waals surface area (Å²) in [5.41, 5.74) is 6.56. The van der Waals surface area contributed by atoms with E-state index in [1.807, 2.05) is 13.8 Å². The third-order valence-electron chi connectivity index (χ3n) is 3.20. The van der Waals surface area contributed by atoms with Gasteiger partial charge in [0.15, 0.2) is 0 Å². The molecule has 0 aliphatic carbocycles. The normalized spacial score (nSPS) is 13.6. The summed E-state index contributed by atoms with van der Waals surface area (Å²) in [7, 11) is 1.26. The minimum absolute atomic E-state index is 0.0306. The molecule has 0 bridgehead atoms. The largest absolute Gasteiger partial charge is 0.508 e. The fourth-order valence-corrected chi connectivity index (χ4v) is 1.77. The number of amides is 1. The third kappa shape index (κ3) is 5.07. The van der Waals surface area contributed by atoms with E-state index in [9.17, 15) is 14.7 Å². The van der Waals surface area contributed by atoms with Gasteiger partial charge in [-0.25, -0.2) is 4.79 Å². The molecule has 0 saturated carbocycles. The molecular weight excluding hydrogens is 272 g/mol. The second kappa shape index (κ2) is 7.64. The number of nitrogens with two attached hydrogens (primary N) is 1. The maximum Gasteiger partial charge on any atom is 0.328 e. The van der Waals surface area contributed by atoms with Crippen LogP contribution in [0.25, 0.3) is 0 Å². The monoisotopic (exact) mass is 294 g/mol. The van der Waals surface area contributed by atoms with Crippen LogP contribution < -0.4 is 11.1 Å². The van der Waals surface area contributed by atoms with Gasteiger partial charge in [-0.15, -0.1) is 0 Å². The second-order valence-electron chi connectivity index (χ2n) is 5.22. The molecule has 0 aliphatic rings. The first kappa shape index (κ1) is 17.0. The summed E-state index contributed by atoms with van der Waals surface area (Å²) in [5.74, 6) is -0.817. The van der Waals surface area contributed by atoms with E-state index >= 15 is 0 Å². The lowest BCUT2D eigenvalue weighted by molar-refractivity contribution is -0.145. The first-order valence-electron chi connectivity index (χ1n) is 6.76. The molecule has 6 heteroatoms. The van der Waals surface area contributed by atoms with E-state index in [4.69, 9.17) is 10.5 Å². The molecule has 21 heavy (non-hydrogen) atoms. The smallest absolute Gasteiger partial charge is 0.328 e. The van der Waals surface area contributed by atoms with Gasteiger partial charge >= 0.3 is 5.97 Å². The molecule has 0 spiro atoms. The van der Waals surface area contributed by atoms with Crippen molar-refractivity contribution in [3.8, 4) is 5.75 Å². The van der Waals surface area contributed by atoms with Crippen molar-refractivity contribution in [2.45, 2.75) is 32.4 Å². The van der Waals surface area contributed by atoms with Crippen LogP contribution in [0, 0.1) is 5.92 Å². The number of hydrogen-bond acceptors (Lipinski definition) is 5. The molecule has 1 rings (SSSR count). The Hall–Kier alpha value is -2.08. The van der Waals surface area contributed by atoms with Crippen LogP contribution in [-0.4, -0.2) is 36.2 Å². The molecule has 4 N–H and O–H groups in total. The molecule has 0 aromatic heterocycles. The highest BCUT2D eigenvalue weighted by Crippen LogP contribution is 2.12. The number of phenolic OH excluding ortho intramolecular Hbond substituents is 1. The van der Waals surface area contributed by atoms with E-state index in [0.29, 0.717) is 0 Å². The molecule has 116 valence electrons. The molecule has 0 fully saturated rings. The van der Waals surface area contributed by atoms with Gasteiger partial charge in [-0.2, -0.15) is 0 Å². The van der Waals surface area contributed by atoms with Crippen molar-refractivity contribution in [1.29, 1.82) is 0 Å². The lowest BCUT2D eigenvalue weighted by atomic mass is 10.0. The molecule has 1 aromatic rings. The zero-order valence-electron chi connectivity index (χ0n) is 12.5. The number of nitrogens with one attached hydrogen (secondary N) is 1.